The Labute approximate surface area is 147 Å². The molecule has 0 fully saturated rings. The highest BCUT2D eigenvalue weighted by Crippen LogP contribution is 2.43. The van der Waals surface area contributed by atoms with Gasteiger partial charge in [0.2, 0.25) is 5.95 Å². The summed E-state index contributed by atoms with van der Waals surface area (Å²) in [6.45, 7) is 9.20. The lowest BCUT2D eigenvalue weighted by Gasteiger charge is -2.36. The molecule has 1 aliphatic heterocycles. The number of aromatic nitrogens is 3. The zero-order chi connectivity index (χ0) is 18.5. The first-order valence-electron chi connectivity index (χ1n) is 8.33. The Bertz CT molecular complexity index is 872. The number of amides is 1. The summed E-state index contributed by atoms with van der Waals surface area (Å²) in [6.07, 6.45) is 1.18. The van der Waals surface area contributed by atoms with Crippen molar-refractivity contribution < 1.29 is 14.6 Å². The Balaban J connectivity index is 1.93. The molecule has 7 nitrogen and oxygen atoms in total. The van der Waals surface area contributed by atoms with Crippen LogP contribution in [0.15, 0.2) is 0 Å². The minimum atomic E-state index is -1.01. The van der Waals surface area contributed by atoms with Crippen LogP contribution in [0.1, 0.15) is 41.4 Å². The van der Waals surface area contributed by atoms with Crippen LogP contribution in [0.4, 0.5) is 5.95 Å². The summed E-state index contributed by atoms with van der Waals surface area (Å²) in [7, 11) is 1.73. The van der Waals surface area contributed by atoms with Gasteiger partial charge in [-0.1, -0.05) is 0 Å². The molecule has 2 heterocycles. The molecule has 1 aromatic carbocycles. The van der Waals surface area contributed by atoms with Gasteiger partial charge in [0.05, 0.1) is 0 Å². The van der Waals surface area contributed by atoms with Crippen LogP contribution in [0.5, 0.6) is 11.5 Å². The van der Waals surface area contributed by atoms with Gasteiger partial charge in [-0.2, -0.15) is 10.1 Å². The number of carbonyl (C=O) groups excluding carboxylic acids is 1. The number of anilines is 1. The molecule has 134 valence electrons. The van der Waals surface area contributed by atoms with Crippen molar-refractivity contribution in [1.29, 1.82) is 0 Å². The maximum atomic E-state index is 12.8. The largest absolute Gasteiger partial charge is 0.507 e. The van der Waals surface area contributed by atoms with E-state index < -0.39 is 5.60 Å². The van der Waals surface area contributed by atoms with E-state index in [4.69, 9.17) is 4.74 Å². The quantitative estimate of drug-likeness (QED) is 0.873. The number of aryl methyl sites for hydroxylation is 2. The fraction of sp³-hybridized carbons (Fsp3) is 0.500. The molecule has 7 heteroatoms. The zero-order valence-electron chi connectivity index (χ0n) is 15.5. The number of nitrogens with zero attached hydrogens (tertiary/aromatic N) is 3. The molecule has 2 aromatic rings. The van der Waals surface area contributed by atoms with Crippen LogP contribution in [0.2, 0.25) is 0 Å². The Hall–Kier alpha value is -2.57. The predicted octanol–water partition coefficient (Wildman–Crippen LogP) is 2.48. The van der Waals surface area contributed by atoms with Gasteiger partial charge in [0, 0.05) is 19.0 Å². The number of ether oxygens (including phenoxy) is 1. The van der Waals surface area contributed by atoms with Crippen molar-refractivity contribution in [3.05, 3.63) is 28.1 Å². The molecule has 0 aliphatic carbocycles. The lowest BCUT2D eigenvalue weighted by atomic mass is 9.86. The molecule has 1 aliphatic rings. The molecule has 0 saturated carbocycles. The van der Waals surface area contributed by atoms with E-state index in [-0.39, 0.29) is 5.91 Å². The predicted molar refractivity (Wildman–Crippen MR) is 94.0 cm³/mol. The molecule has 1 atom stereocenters. The number of fused-ring (bicyclic) bond motifs is 1. The third-order valence-corrected chi connectivity index (χ3v) is 5.09. The first-order chi connectivity index (χ1) is 11.6. The van der Waals surface area contributed by atoms with E-state index in [0.717, 1.165) is 22.3 Å². The van der Waals surface area contributed by atoms with Crippen LogP contribution in [-0.2, 0) is 18.3 Å². The lowest BCUT2D eigenvalue weighted by molar-refractivity contribution is -0.131. The number of nitrogens with one attached hydrogen (secondary N) is 1. The molecule has 1 unspecified atom stereocenters. The van der Waals surface area contributed by atoms with Crippen molar-refractivity contribution in [1.82, 2.24) is 14.8 Å². The molecule has 2 N–H and O–H groups in total. The Morgan fingerprint density at radius 1 is 1.24 bits per heavy atom. The standard InChI is InChI=1S/C18H24N4O3/c1-9-10(2)15-13(11(3)14(9)23)7-8-18(5,25-15)16(24)20-17-19-12(4)21-22(17)6/h23H,7-8H2,1-6H3,(H,19,20,21,24). The summed E-state index contributed by atoms with van der Waals surface area (Å²) in [5.74, 6) is 1.74. The van der Waals surface area contributed by atoms with Crippen molar-refractivity contribution in [3.63, 3.8) is 0 Å². The summed E-state index contributed by atoms with van der Waals surface area (Å²) in [5.41, 5.74) is 2.44. The molecule has 25 heavy (non-hydrogen) atoms. The van der Waals surface area contributed by atoms with Gasteiger partial charge in [0.15, 0.2) is 5.60 Å². The number of hydrogen-bond donors (Lipinski definition) is 2. The van der Waals surface area contributed by atoms with Gasteiger partial charge in [-0.25, -0.2) is 4.68 Å². The Kier molecular flexibility index (Phi) is 3.97. The number of rotatable bonds is 2. The summed E-state index contributed by atoms with van der Waals surface area (Å²) in [4.78, 5) is 17.1. The molecule has 1 amide bonds. The van der Waals surface area contributed by atoms with Gasteiger partial charge in [0.1, 0.15) is 17.3 Å². The molecular formula is C18H24N4O3. The van der Waals surface area contributed by atoms with E-state index >= 15 is 0 Å². The second-order valence-electron chi connectivity index (χ2n) is 6.92. The highest BCUT2D eigenvalue weighted by molar-refractivity contribution is 5.96. The van der Waals surface area contributed by atoms with Gasteiger partial charge >= 0.3 is 0 Å². The average molecular weight is 344 g/mol. The number of aromatic hydroxyl groups is 1. The SMILES string of the molecule is Cc1nc(NC(=O)C2(C)CCc3c(C)c(O)c(C)c(C)c3O2)n(C)n1. The monoisotopic (exact) mass is 344 g/mol. The normalized spacial score (nSPS) is 19.3. The van der Waals surface area contributed by atoms with Crippen LogP contribution < -0.4 is 10.1 Å². The second-order valence-corrected chi connectivity index (χ2v) is 6.92. The zero-order valence-corrected chi connectivity index (χ0v) is 15.5. The van der Waals surface area contributed by atoms with Crippen LogP contribution >= 0.6 is 0 Å². The minimum Gasteiger partial charge on any atom is -0.507 e. The number of hydrogen-bond acceptors (Lipinski definition) is 5. The Morgan fingerprint density at radius 2 is 1.92 bits per heavy atom. The summed E-state index contributed by atoms with van der Waals surface area (Å²) < 4.78 is 7.70. The van der Waals surface area contributed by atoms with Gasteiger partial charge in [0.25, 0.3) is 5.91 Å². The van der Waals surface area contributed by atoms with Crippen molar-refractivity contribution in [2.24, 2.45) is 7.05 Å². The maximum Gasteiger partial charge on any atom is 0.270 e. The number of benzene rings is 1. The smallest absolute Gasteiger partial charge is 0.270 e. The first kappa shape index (κ1) is 17.3. The van der Waals surface area contributed by atoms with E-state index in [1.54, 1.807) is 20.9 Å². The molecule has 0 radical (unpaired) electrons. The van der Waals surface area contributed by atoms with Gasteiger partial charge < -0.3 is 9.84 Å². The molecular weight excluding hydrogens is 320 g/mol. The fourth-order valence-electron chi connectivity index (χ4n) is 3.26. The molecule has 0 bridgehead atoms. The first-order valence-corrected chi connectivity index (χ1v) is 8.33. The van der Waals surface area contributed by atoms with E-state index in [9.17, 15) is 9.90 Å². The van der Waals surface area contributed by atoms with Gasteiger partial charge in [-0.3, -0.25) is 10.1 Å². The fourth-order valence-corrected chi connectivity index (χ4v) is 3.26. The van der Waals surface area contributed by atoms with Crippen LogP contribution in [-0.4, -0.2) is 31.4 Å². The third-order valence-electron chi connectivity index (χ3n) is 5.09. The average Bonchev–Trinajstić information content (AvgIpc) is 2.88. The summed E-state index contributed by atoms with van der Waals surface area (Å²) in [6, 6.07) is 0. The van der Waals surface area contributed by atoms with Crippen LogP contribution in [0.25, 0.3) is 0 Å². The van der Waals surface area contributed by atoms with Crippen molar-refractivity contribution in [2.45, 2.75) is 53.1 Å². The number of carbonyl (C=O) groups is 1. The lowest BCUT2D eigenvalue weighted by Crippen LogP contribution is -2.48. The van der Waals surface area contributed by atoms with E-state index in [1.807, 2.05) is 20.8 Å². The van der Waals surface area contributed by atoms with Crippen molar-refractivity contribution in [2.75, 3.05) is 5.32 Å². The Morgan fingerprint density at radius 3 is 2.52 bits per heavy atom. The van der Waals surface area contributed by atoms with E-state index in [1.165, 1.54) is 4.68 Å². The van der Waals surface area contributed by atoms with Gasteiger partial charge in [-0.05, 0) is 57.7 Å². The van der Waals surface area contributed by atoms with E-state index in [0.29, 0.717) is 36.1 Å². The number of phenols is 1. The maximum absolute atomic E-state index is 12.8. The molecule has 1 aromatic heterocycles. The molecule has 0 saturated heterocycles. The van der Waals surface area contributed by atoms with Crippen molar-refractivity contribution in [3.8, 4) is 11.5 Å². The second kappa shape index (κ2) is 5.75. The van der Waals surface area contributed by atoms with Gasteiger partial charge in [-0.15, -0.1) is 0 Å². The van der Waals surface area contributed by atoms with Crippen LogP contribution in [0, 0.1) is 27.7 Å². The van der Waals surface area contributed by atoms with Crippen LogP contribution in [0.3, 0.4) is 0 Å². The summed E-state index contributed by atoms with van der Waals surface area (Å²) >= 11 is 0. The molecule has 3 rings (SSSR count). The van der Waals surface area contributed by atoms with E-state index in [2.05, 4.69) is 15.4 Å². The highest BCUT2D eigenvalue weighted by Gasteiger charge is 2.41. The topological polar surface area (TPSA) is 89.3 Å². The molecule has 0 spiro atoms. The summed E-state index contributed by atoms with van der Waals surface area (Å²) in [5, 5.41) is 17.2. The third kappa shape index (κ3) is 2.73. The van der Waals surface area contributed by atoms with Crippen molar-refractivity contribution >= 4 is 11.9 Å². The highest BCUT2D eigenvalue weighted by atomic mass is 16.5. The minimum absolute atomic E-state index is 0.253. The number of phenolic OH excluding ortho intramolecular Hbond substituents is 1.